The van der Waals surface area contributed by atoms with Gasteiger partial charge in [0.15, 0.2) is 0 Å². The van der Waals surface area contributed by atoms with Crippen molar-refractivity contribution in [1.82, 2.24) is 0 Å². The lowest BCUT2D eigenvalue weighted by Crippen LogP contribution is -1.89. The Balaban J connectivity index is 0.000000880. The lowest BCUT2D eigenvalue weighted by Gasteiger charge is -2.12. The molecule has 0 atom stereocenters. The van der Waals surface area contributed by atoms with Crippen LogP contribution in [0.3, 0.4) is 0 Å². The summed E-state index contributed by atoms with van der Waals surface area (Å²) in [6, 6.07) is 19.9. The summed E-state index contributed by atoms with van der Waals surface area (Å²) >= 11 is 3.57. The van der Waals surface area contributed by atoms with Crippen molar-refractivity contribution >= 4 is 32.3 Å². The highest BCUT2D eigenvalue weighted by Crippen LogP contribution is 2.48. The Morgan fingerprint density at radius 2 is 1.52 bits per heavy atom. The molecule has 0 spiro atoms. The first kappa shape index (κ1) is 17.7. The van der Waals surface area contributed by atoms with E-state index in [4.69, 9.17) is 0 Å². The SMILES string of the molecule is C=C/C=C(\CCBr)c1ccc2c3c(cccc13)-c1ccccc1-2.CC. The molecule has 1 aliphatic carbocycles. The van der Waals surface area contributed by atoms with E-state index in [0.29, 0.717) is 0 Å². The molecule has 0 bridgehead atoms. The second-order valence-corrected chi connectivity index (χ2v) is 6.59. The lowest BCUT2D eigenvalue weighted by atomic mass is 9.93. The quantitative estimate of drug-likeness (QED) is 0.245. The molecule has 126 valence electrons. The molecule has 0 fully saturated rings. The van der Waals surface area contributed by atoms with E-state index in [1.165, 1.54) is 44.2 Å². The second kappa shape index (κ2) is 7.84. The van der Waals surface area contributed by atoms with Crippen LogP contribution in [0.1, 0.15) is 25.8 Å². The third kappa shape index (κ3) is 2.98. The van der Waals surface area contributed by atoms with Crippen molar-refractivity contribution in [1.29, 1.82) is 0 Å². The van der Waals surface area contributed by atoms with E-state index >= 15 is 0 Å². The maximum atomic E-state index is 3.88. The van der Waals surface area contributed by atoms with E-state index < -0.39 is 0 Å². The van der Waals surface area contributed by atoms with Gasteiger partial charge < -0.3 is 0 Å². The third-order valence-electron chi connectivity index (χ3n) is 4.58. The normalized spacial score (nSPS) is 11.7. The van der Waals surface area contributed by atoms with Crippen LogP contribution in [0.25, 0.3) is 38.6 Å². The lowest BCUT2D eigenvalue weighted by molar-refractivity contribution is 1.28. The molecule has 3 aromatic rings. The summed E-state index contributed by atoms with van der Waals surface area (Å²) in [6.45, 7) is 7.88. The van der Waals surface area contributed by atoms with Crippen molar-refractivity contribution < 1.29 is 0 Å². The summed E-state index contributed by atoms with van der Waals surface area (Å²) < 4.78 is 0. The Morgan fingerprint density at radius 3 is 2.16 bits per heavy atom. The predicted octanol–water partition coefficient (Wildman–Crippen LogP) is 7.87. The minimum absolute atomic E-state index is 0.954. The van der Waals surface area contributed by atoms with E-state index in [-0.39, 0.29) is 0 Å². The van der Waals surface area contributed by atoms with Crippen molar-refractivity contribution in [2.45, 2.75) is 20.3 Å². The standard InChI is InChI=1S/C22H17Br.C2H6/c1-2-6-15(13-14-23)16-11-12-21-18-8-4-3-7-17(18)20-10-5-9-19(16)22(20)21;1-2/h2-12H,1,13-14H2;1-2H3/b15-6+;. The highest BCUT2D eigenvalue weighted by molar-refractivity contribution is 9.09. The minimum atomic E-state index is 0.954. The number of benzene rings is 3. The van der Waals surface area contributed by atoms with Gasteiger partial charge in [-0.25, -0.2) is 0 Å². The van der Waals surface area contributed by atoms with E-state index in [2.05, 4.69) is 83.2 Å². The average Bonchev–Trinajstić information content (AvgIpc) is 3.00. The van der Waals surface area contributed by atoms with Crippen LogP contribution in [0.4, 0.5) is 0 Å². The van der Waals surface area contributed by atoms with Gasteiger partial charge in [-0.05, 0) is 50.6 Å². The van der Waals surface area contributed by atoms with Gasteiger partial charge in [-0.3, -0.25) is 0 Å². The minimum Gasteiger partial charge on any atom is -0.0991 e. The van der Waals surface area contributed by atoms with Crippen LogP contribution in [0.5, 0.6) is 0 Å². The van der Waals surface area contributed by atoms with E-state index in [0.717, 1.165) is 11.8 Å². The van der Waals surface area contributed by atoms with Gasteiger partial charge in [-0.15, -0.1) is 0 Å². The van der Waals surface area contributed by atoms with Crippen molar-refractivity contribution in [3.8, 4) is 22.3 Å². The van der Waals surface area contributed by atoms with Gasteiger partial charge >= 0.3 is 0 Å². The van der Waals surface area contributed by atoms with E-state index in [1.54, 1.807) is 0 Å². The zero-order valence-corrected chi connectivity index (χ0v) is 16.4. The number of alkyl halides is 1. The van der Waals surface area contributed by atoms with Gasteiger partial charge in [-0.1, -0.05) is 103 Å². The molecular weight excluding hydrogens is 368 g/mol. The fourth-order valence-electron chi connectivity index (χ4n) is 3.64. The molecule has 0 amide bonds. The Morgan fingerprint density at radius 1 is 0.880 bits per heavy atom. The predicted molar refractivity (Wildman–Crippen MR) is 116 cm³/mol. The van der Waals surface area contributed by atoms with Gasteiger partial charge in [0.05, 0.1) is 0 Å². The topological polar surface area (TPSA) is 0 Å². The summed E-state index contributed by atoms with van der Waals surface area (Å²) in [5, 5.41) is 3.68. The summed E-state index contributed by atoms with van der Waals surface area (Å²) in [5.41, 5.74) is 8.05. The maximum absolute atomic E-state index is 3.88. The van der Waals surface area contributed by atoms with Gasteiger partial charge in [-0.2, -0.15) is 0 Å². The Labute approximate surface area is 159 Å². The molecule has 0 unspecified atom stereocenters. The Hall–Kier alpha value is -2.12. The van der Waals surface area contributed by atoms with Crippen molar-refractivity contribution in [2.24, 2.45) is 0 Å². The zero-order chi connectivity index (χ0) is 17.8. The molecule has 0 saturated carbocycles. The number of allylic oxidation sites excluding steroid dienone is 3. The van der Waals surface area contributed by atoms with Crippen molar-refractivity contribution in [3.63, 3.8) is 0 Å². The van der Waals surface area contributed by atoms with Gasteiger partial charge in [0.1, 0.15) is 0 Å². The van der Waals surface area contributed by atoms with Crippen molar-refractivity contribution in [3.05, 3.63) is 78.9 Å². The molecule has 0 saturated heterocycles. The summed E-state index contributed by atoms with van der Waals surface area (Å²) in [4.78, 5) is 0. The molecule has 0 aliphatic heterocycles. The molecule has 4 rings (SSSR count). The molecule has 0 nitrogen and oxygen atoms in total. The molecule has 1 heteroatoms. The Bertz CT molecular complexity index is 918. The fourth-order valence-corrected chi connectivity index (χ4v) is 4.07. The average molecular weight is 391 g/mol. The summed E-state index contributed by atoms with van der Waals surface area (Å²) in [5.74, 6) is 0. The van der Waals surface area contributed by atoms with Crippen LogP contribution in [0, 0.1) is 0 Å². The molecule has 25 heavy (non-hydrogen) atoms. The van der Waals surface area contributed by atoms with Crippen molar-refractivity contribution in [2.75, 3.05) is 5.33 Å². The van der Waals surface area contributed by atoms with Gasteiger partial charge in [0.2, 0.25) is 0 Å². The number of rotatable bonds is 4. The van der Waals surface area contributed by atoms with Crippen LogP contribution in [0.2, 0.25) is 0 Å². The highest BCUT2D eigenvalue weighted by Gasteiger charge is 2.22. The number of halogens is 1. The van der Waals surface area contributed by atoms with Crippen LogP contribution < -0.4 is 0 Å². The van der Waals surface area contributed by atoms with Gasteiger partial charge in [0, 0.05) is 5.33 Å². The fraction of sp³-hybridized carbons (Fsp3) is 0.167. The van der Waals surface area contributed by atoms with Crippen LogP contribution in [-0.4, -0.2) is 5.33 Å². The molecule has 0 radical (unpaired) electrons. The van der Waals surface area contributed by atoms with E-state index in [9.17, 15) is 0 Å². The molecule has 0 aromatic heterocycles. The first-order valence-corrected chi connectivity index (χ1v) is 10.0. The monoisotopic (exact) mass is 390 g/mol. The zero-order valence-electron chi connectivity index (χ0n) is 14.9. The Kier molecular flexibility index (Phi) is 5.55. The third-order valence-corrected chi connectivity index (χ3v) is 4.97. The number of hydrogen-bond acceptors (Lipinski definition) is 0. The van der Waals surface area contributed by atoms with E-state index in [1.807, 2.05) is 19.9 Å². The first-order valence-electron chi connectivity index (χ1n) is 8.88. The van der Waals surface area contributed by atoms with Crippen LogP contribution in [0.15, 0.2) is 73.3 Å². The molecular formula is C24H23Br. The van der Waals surface area contributed by atoms with Crippen LogP contribution in [-0.2, 0) is 0 Å². The molecule has 0 heterocycles. The number of hydrogen-bond donors (Lipinski definition) is 0. The second-order valence-electron chi connectivity index (χ2n) is 5.80. The molecule has 1 aliphatic rings. The number of fused-ring (bicyclic) bond motifs is 3. The smallest absolute Gasteiger partial charge is 0.00720 e. The first-order chi connectivity index (χ1) is 12.3. The van der Waals surface area contributed by atoms with Gasteiger partial charge in [0.25, 0.3) is 0 Å². The maximum Gasteiger partial charge on any atom is 0.00720 e. The summed E-state index contributed by atoms with van der Waals surface area (Å²) in [6.07, 6.45) is 5.01. The largest absolute Gasteiger partial charge is 0.0991 e. The summed E-state index contributed by atoms with van der Waals surface area (Å²) in [7, 11) is 0. The molecule has 3 aromatic carbocycles. The van der Waals surface area contributed by atoms with Crippen LogP contribution >= 0.6 is 15.9 Å². The molecule has 0 N–H and O–H groups in total. The highest BCUT2D eigenvalue weighted by atomic mass is 79.9.